The van der Waals surface area contributed by atoms with Crippen LogP contribution < -0.4 is 5.32 Å². The molecule has 0 fully saturated rings. The second-order valence-corrected chi connectivity index (χ2v) is 5.54. The SMILES string of the molecule is CCn1nc(CNc2c(Cl)cccc2Cl)c2ccccc21. The van der Waals surface area contributed by atoms with E-state index in [4.69, 9.17) is 23.2 Å². The van der Waals surface area contributed by atoms with Gasteiger partial charge in [-0.25, -0.2) is 0 Å². The molecule has 1 N–H and O–H groups in total. The average molecular weight is 320 g/mol. The molecular weight excluding hydrogens is 305 g/mol. The fourth-order valence-electron chi connectivity index (χ4n) is 2.41. The third-order valence-electron chi connectivity index (χ3n) is 3.43. The monoisotopic (exact) mass is 319 g/mol. The van der Waals surface area contributed by atoms with Crippen molar-refractivity contribution in [3.8, 4) is 0 Å². The quantitative estimate of drug-likeness (QED) is 0.735. The molecule has 2 aromatic carbocycles. The predicted molar refractivity (Wildman–Crippen MR) is 89.2 cm³/mol. The van der Waals surface area contributed by atoms with Crippen molar-refractivity contribution in [2.75, 3.05) is 5.32 Å². The normalized spacial score (nSPS) is 11.0. The number of benzene rings is 2. The molecule has 108 valence electrons. The summed E-state index contributed by atoms with van der Waals surface area (Å²) in [5.41, 5.74) is 2.88. The highest BCUT2D eigenvalue weighted by molar-refractivity contribution is 6.39. The van der Waals surface area contributed by atoms with Crippen LogP contribution in [0.3, 0.4) is 0 Å². The highest BCUT2D eigenvalue weighted by Crippen LogP contribution is 2.30. The second-order valence-electron chi connectivity index (χ2n) is 4.73. The van der Waals surface area contributed by atoms with Crippen molar-refractivity contribution < 1.29 is 0 Å². The Labute approximate surface area is 133 Å². The van der Waals surface area contributed by atoms with Gasteiger partial charge in [-0.3, -0.25) is 4.68 Å². The van der Waals surface area contributed by atoms with Crippen LogP contribution in [0.4, 0.5) is 5.69 Å². The lowest BCUT2D eigenvalue weighted by Gasteiger charge is -2.09. The Balaban J connectivity index is 1.92. The van der Waals surface area contributed by atoms with E-state index in [9.17, 15) is 0 Å². The standard InChI is InChI=1S/C16H15Cl2N3/c1-2-21-15-9-4-3-6-11(15)14(20-21)10-19-16-12(17)7-5-8-13(16)18/h3-9,19H,2,10H2,1H3. The molecule has 1 heterocycles. The molecule has 0 spiro atoms. The zero-order chi connectivity index (χ0) is 14.8. The number of halogens is 2. The van der Waals surface area contributed by atoms with Crippen LogP contribution in [-0.2, 0) is 13.1 Å². The smallest absolute Gasteiger partial charge is 0.0894 e. The zero-order valence-corrected chi connectivity index (χ0v) is 13.1. The van der Waals surface area contributed by atoms with Gasteiger partial charge in [0.05, 0.1) is 33.5 Å². The lowest BCUT2D eigenvalue weighted by Crippen LogP contribution is -2.03. The van der Waals surface area contributed by atoms with Gasteiger partial charge in [0, 0.05) is 11.9 Å². The number of nitrogens with one attached hydrogen (secondary N) is 1. The van der Waals surface area contributed by atoms with E-state index in [1.807, 2.05) is 35.0 Å². The number of rotatable bonds is 4. The number of hydrogen-bond acceptors (Lipinski definition) is 2. The van der Waals surface area contributed by atoms with Gasteiger partial charge in [0.15, 0.2) is 0 Å². The number of fused-ring (bicyclic) bond motifs is 1. The van der Waals surface area contributed by atoms with Gasteiger partial charge in [-0.2, -0.15) is 5.10 Å². The maximum atomic E-state index is 6.17. The summed E-state index contributed by atoms with van der Waals surface area (Å²) in [6, 6.07) is 13.7. The molecule has 0 bridgehead atoms. The molecule has 5 heteroatoms. The van der Waals surface area contributed by atoms with E-state index < -0.39 is 0 Å². The first-order valence-corrected chi connectivity index (χ1v) is 7.58. The van der Waals surface area contributed by atoms with Crippen molar-refractivity contribution in [1.82, 2.24) is 9.78 Å². The van der Waals surface area contributed by atoms with Crippen LogP contribution in [-0.4, -0.2) is 9.78 Å². The molecule has 0 saturated carbocycles. The van der Waals surface area contributed by atoms with Gasteiger partial charge in [0.2, 0.25) is 0 Å². The van der Waals surface area contributed by atoms with Gasteiger partial charge in [0.1, 0.15) is 0 Å². The summed E-state index contributed by atoms with van der Waals surface area (Å²) in [5, 5.41) is 10.3. The molecule has 0 aliphatic carbocycles. The van der Waals surface area contributed by atoms with E-state index in [-0.39, 0.29) is 0 Å². The van der Waals surface area contributed by atoms with E-state index >= 15 is 0 Å². The third kappa shape index (κ3) is 2.71. The Hall–Kier alpha value is -1.71. The molecule has 3 rings (SSSR count). The number of nitrogens with zero attached hydrogens (tertiary/aromatic N) is 2. The van der Waals surface area contributed by atoms with Gasteiger partial charge < -0.3 is 5.32 Å². The van der Waals surface area contributed by atoms with Gasteiger partial charge in [-0.15, -0.1) is 0 Å². The van der Waals surface area contributed by atoms with Crippen LogP contribution in [0.5, 0.6) is 0 Å². The molecular formula is C16H15Cl2N3. The molecule has 3 nitrogen and oxygen atoms in total. The number of para-hydroxylation sites is 2. The summed E-state index contributed by atoms with van der Waals surface area (Å²) in [6.07, 6.45) is 0. The number of aryl methyl sites for hydroxylation is 1. The minimum absolute atomic E-state index is 0.580. The van der Waals surface area contributed by atoms with Crippen LogP contribution in [0.2, 0.25) is 10.0 Å². The summed E-state index contributed by atoms with van der Waals surface area (Å²) in [5.74, 6) is 0. The van der Waals surface area contributed by atoms with Gasteiger partial charge in [-0.05, 0) is 25.1 Å². The maximum Gasteiger partial charge on any atom is 0.0894 e. The first kappa shape index (κ1) is 14.2. The molecule has 1 aromatic heterocycles. The maximum absolute atomic E-state index is 6.17. The Morgan fingerprint density at radius 1 is 1.05 bits per heavy atom. The van der Waals surface area contributed by atoms with Crippen molar-refractivity contribution in [2.45, 2.75) is 20.0 Å². The Morgan fingerprint density at radius 3 is 2.48 bits per heavy atom. The largest absolute Gasteiger partial charge is 0.377 e. The van der Waals surface area contributed by atoms with Crippen molar-refractivity contribution in [3.63, 3.8) is 0 Å². The van der Waals surface area contributed by atoms with Crippen molar-refractivity contribution in [2.24, 2.45) is 0 Å². The van der Waals surface area contributed by atoms with E-state index in [0.717, 1.165) is 28.8 Å². The lowest BCUT2D eigenvalue weighted by molar-refractivity contribution is 0.671. The summed E-state index contributed by atoms with van der Waals surface area (Å²) < 4.78 is 2.00. The Kier molecular flexibility index (Phi) is 4.04. The topological polar surface area (TPSA) is 29.9 Å². The highest BCUT2D eigenvalue weighted by Gasteiger charge is 2.10. The molecule has 0 unspecified atom stereocenters. The average Bonchev–Trinajstić information content (AvgIpc) is 2.85. The number of aromatic nitrogens is 2. The van der Waals surface area contributed by atoms with Crippen LogP contribution in [0.25, 0.3) is 10.9 Å². The van der Waals surface area contributed by atoms with Crippen LogP contribution in [0, 0.1) is 0 Å². The molecule has 0 saturated heterocycles. The predicted octanol–water partition coefficient (Wildman–Crippen LogP) is 4.98. The van der Waals surface area contributed by atoms with E-state index in [2.05, 4.69) is 29.5 Å². The van der Waals surface area contributed by atoms with Gasteiger partial charge in [0.25, 0.3) is 0 Å². The Bertz CT molecular complexity index is 760. The molecule has 3 aromatic rings. The number of anilines is 1. The van der Waals surface area contributed by atoms with Gasteiger partial charge >= 0.3 is 0 Å². The van der Waals surface area contributed by atoms with Crippen LogP contribution >= 0.6 is 23.2 Å². The first-order valence-electron chi connectivity index (χ1n) is 6.83. The van der Waals surface area contributed by atoms with Crippen molar-refractivity contribution in [1.29, 1.82) is 0 Å². The van der Waals surface area contributed by atoms with Gasteiger partial charge in [-0.1, -0.05) is 47.5 Å². The molecule has 21 heavy (non-hydrogen) atoms. The summed E-state index contributed by atoms with van der Waals surface area (Å²) in [7, 11) is 0. The van der Waals surface area contributed by atoms with Crippen LogP contribution in [0.1, 0.15) is 12.6 Å². The second kappa shape index (κ2) is 5.96. The highest BCUT2D eigenvalue weighted by atomic mass is 35.5. The molecule has 0 aliphatic heterocycles. The summed E-state index contributed by atoms with van der Waals surface area (Å²) >= 11 is 12.3. The van der Waals surface area contributed by atoms with Crippen molar-refractivity contribution >= 4 is 39.8 Å². The zero-order valence-electron chi connectivity index (χ0n) is 11.6. The summed E-state index contributed by atoms with van der Waals surface area (Å²) in [6.45, 7) is 3.51. The first-order chi connectivity index (χ1) is 10.2. The molecule has 0 atom stereocenters. The fraction of sp³-hybridized carbons (Fsp3) is 0.188. The van der Waals surface area contributed by atoms with E-state index in [0.29, 0.717) is 16.6 Å². The minimum Gasteiger partial charge on any atom is -0.377 e. The lowest BCUT2D eigenvalue weighted by atomic mass is 10.2. The fourth-order valence-corrected chi connectivity index (χ4v) is 2.94. The summed E-state index contributed by atoms with van der Waals surface area (Å²) in [4.78, 5) is 0. The molecule has 0 aliphatic rings. The number of hydrogen-bond donors (Lipinski definition) is 1. The van der Waals surface area contributed by atoms with Crippen molar-refractivity contribution in [3.05, 3.63) is 58.2 Å². The molecule has 0 amide bonds. The Morgan fingerprint density at radius 2 is 1.76 bits per heavy atom. The van der Waals surface area contributed by atoms with E-state index in [1.165, 1.54) is 0 Å². The van der Waals surface area contributed by atoms with Crippen LogP contribution in [0.15, 0.2) is 42.5 Å². The molecule has 0 radical (unpaired) electrons. The third-order valence-corrected chi connectivity index (χ3v) is 4.06. The minimum atomic E-state index is 0.580. The van der Waals surface area contributed by atoms with E-state index in [1.54, 1.807) is 0 Å².